The Morgan fingerprint density at radius 3 is 1.36 bits per heavy atom. The van der Waals surface area contributed by atoms with Gasteiger partial charge in [-0.3, -0.25) is 0 Å². The van der Waals surface area contributed by atoms with Crippen LogP contribution in [-0.2, 0) is 4.74 Å². The second kappa shape index (κ2) is 7.17. The average molecular weight is 208 g/mol. The molecule has 0 aliphatic heterocycles. The molecule has 0 fully saturated rings. The van der Waals surface area contributed by atoms with E-state index >= 15 is 0 Å². The zero-order valence-electron chi connectivity index (χ0n) is 9.87. The number of aliphatic hydroxyl groups is 3. The van der Waals surface area contributed by atoms with Gasteiger partial charge in [-0.05, 0) is 34.6 Å². The van der Waals surface area contributed by atoms with Crippen LogP contribution in [0, 0.1) is 0 Å². The van der Waals surface area contributed by atoms with Gasteiger partial charge < -0.3 is 20.1 Å². The third-order valence-corrected chi connectivity index (χ3v) is 2.03. The largest absolute Gasteiger partial charge is 0.393 e. The molecule has 0 aromatic heterocycles. The van der Waals surface area contributed by atoms with Crippen LogP contribution in [0.2, 0.25) is 0 Å². The molecule has 0 spiro atoms. The summed E-state index contributed by atoms with van der Waals surface area (Å²) in [5.41, 5.74) is -2.66. The van der Waals surface area contributed by atoms with E-state index in [4.69, 9.17) is 20.1 Å². The number of aliphatic hydroxyl groups excluding tert-OH is 1. The number of hydrogen-bond acceptors (Lipinski definition) is 4. The van der Waals surface area contributed by atoms with Crippen molar-refractivity contribution < 1.29 is 20.1 Å². The molecule has 0 radical (unpaired) electrons. The van der Waals surface area contributed by atoms with Crippen molar-refractivity contribution in [3.8, 4) is 0 Å². The zero-order chi connectivity index (χ0) is 11.8. The number of ether oxygens (including phenoxy) is 1. The lowest BCUT2D eigenvalue weighted by molar-refractivity contribution is -0.142. The third kappa shape index (κ3) is 7.26. The van der Waals surface area contributed by atoms with Crippen LogP contribution in [0.1, 0.15) is 34.6 Å². The van der Waals surface area contributed by atoms with Gasteiger partial charge in [0, 0.05) is 13.2 Å². The molecule has 0 saturated carbocycles. The van der Waals surface area contributed by atoms with Gasteiger partial charge in [0.15, 0.2) is 0 Å². The molecule has 0 aliphatic rings. The molecule has 0 saturated heterocycles. The predicted octanol–water partition coefficient (Wildman–Crippen LogP) is 0.543. The summed E-state index contributed by atoms with van der Waals surface area (Å²) in [5.74, 6) is 0. The first kappa shape index (κ1) is 16.3. The molecule has 0 aliphatic carbocycles. The summed E-state index contributed by atoms with van der Waals surface area (Å²) in [6.45, 7) is 9.51. The number of hydrogen-bond donors (Lipinski definition) is 3. The minimum Gasteiger partial charge on any atom is -0.393 e. The lowest BCUT2D eigenvalue weighted by Crippen LogP contribution is -2.50. The highest BCUT2D eigenvalue weighted by Crippen LogP contribution is 2.19. The summed E-state index contributed by atoms with van der Waals surface area (Å²) in [6, 6.07) is 0. The van der Waals surface area contributed by atoms with Crippen LogP contribution >= 0.6 is 0 Å². The van der Waals surface area contributed by atoms with Crippen LogP contribution < -0.4 is 0 Å². The maximum atomic E-state index is 9.16. The summed E-state index contributed by atoms with van der Waals surface area (Å²) in [5, 5.41) is 26.8. The van der Waals surface area contributed by atoms with Gasteiger partial charge in [0.25, 0.3) is 0 Å². The third-order valence-electron chi connectivity index (χ3n) is 2.03. The van der Waals surface area contributed by atoms with Crippen LogP contribution in [0.25, 0.3) is 0 Å². The molecule has 1 atom stereocenters. The Kier molecular flexibility index (Phi) is 8.34. The molecule has 0 aromatic carbocycles. The quantitative estimate of drug-likeness (QED) is 0.631. The monoisotopic (exact) mass is 208 g/mol. The first-order valence-electron chi connectivity index (χ1n) is 4.86. The van der Waals surface area contributed by atoms with Crippen molar-refractivity contribution in [2.24, 2.45) is 0 Å². The lowest BCUT2D eigenvalue weighted by Gasteiger charge is -2.33. The molecule has 4 heteroatoms. The highest BCUT2D eigenvalue weighted by atomic mass is 16.5. The topological polar surface area (TPSA) is 69.9 Å². The smallest absolute Gasteiger partial charge is 0.113 e. The van der Waals surface area contributed by atoms with Crippen LogP contribution in [-0.4, -0.2) is 46.3 Å². The lowest BCUT2D eigenvalue weighted by atomic mass is 9.89. The predicted molar refractivity (Wildman–Crippen MR) is 56.2 cm³/mol. The first-order chi connectivity index (χ1) is 6.22. The molecule has 0 bridgehead atoms. The van der Waals surface area contributed by atoms with Gasteiger partial charge >= 0.3 is 0 Å². The zero-order valence-corrected chi connectivity index (χ0v) is 9.87. The standard InChI is InChI=1S/C6H14O3.C4H10O/c1-5(2,8)6(3,9)4-7;1-3-5-4-2/h7-9H,4H2,1-3H3;3-4H2,1-2H3. The average Bonchev–Trinajstić information content (AvgIpc) is 2.05. The molecule has 3 N–H and O–H groups in total. The van der Waals surface area contributed by atoms with Crippen molar-refractivity contribution in [1.29, 1.82) is 0 Å². The van der Waals surface area contributed by atoms with Gasteiger partial charge in [0.1, 0.15) is 5.60 Å². The molecule has 0 rings (SSSR count). The van der Waals surface area contributed by atoms with Crippen LogP contribution in [0.4, 0.5) is 0 Å². The second-order valence-corrected chi connectivity index (χ2v) is 3.77. The first-order valence-corrected chi connectivity index (χ1v) is 4.86. The fourth-order valence-electron chi connectivity index (χ4n) is 0.398. The van der Waals surface area contributed by atoms with Crippen molar-refractivity contribution >= 4 is 0 Å². The van der Waals surface area contributed by atoms with Gasteiger partial charge in [0.2, 0.25) is 0 Å². The normalized spacial score (nSPS) is 15.4. The highest BCUT2D eigenvalue weighted by Gasteiger charge is 2.36. The van der Waals surface area contributed by atoms with E-state index in [-0.39, 0.29) is 0 Å². The second-order valence-electron chi connectivity index (χ2n) is 3.77. The summed E-state index contributed by atoms with van der Waals surface area (Å²) < 4.78 is 4.83. The van der Waals surface area contributed by atoms with Crippen LogP contribution in [0.15, 0.2) is 0 Å². The maximum Gasteiger partial charge on any atom is 0.113 e. The van der Waals surface area contributed by atoms with Crippen molar-refractivity contribution in [3.63, 3.8) is 0 Å². The van der Waals surface area contributed by atoms with Gasteiger partial charge in [-0.1, -0.05) is 0 Å². The Hall–Kier alpha value is -0.160. The fraction of sp³-hybridized carbons (Fsp3) is 1.00. The molecule has 0 aromatic rings. The van der Waals surface area contributed by atoms with Gasteiger partial charge in [-0.15, -0.1) is 0 Å². The van der Waals surface area contributed by atoms with E-state index in [2.05, 4.69) is 0 Å². The van der Waals surface area contributed by atoms with Crippen LogP contribution in [0.3, 0.4) is 0 Å². The molecule has 14 heavy (non-hydrogen) atoms. The fourth-order valence-corrected chi connectivity index (χ4v) is 0.398. The van der Waals surface area contributed by atoms with E-state index in [9.17, 15) is 0 Å². The Morgan fingerprint density at radius 2 is 1.36 bits per heavy atom. The minimum absolute atomic E-state index is 0.434. The van der Waals surface area contributed by atoms with Gasteiger partial charge in [-0.2, -0.15) is 0 Å². The minimum atomic E-state index is -1.41. The molecule has 88 valence electrons. The Bertz CT molecular complexity index is 125. The van der Waals surface area contributed by atoms with Gasteiger partial charge in [0.05, 0.1) is 12.2 Å². The van der Waals surface area contributed by atoms with E-state index in [0.717, 1.165) is 13.2 Å². The van der Waals surface area contributed by atoms with Crippen molar-refractivity contribution in [1.82, 2.24) is 0 Å². The Morgan fingerprint density at radius 1 is 1.00 bits per heavy atom. The summed E-state index contributed by atoms with van der Waals surface area (Å²) in [7, 11) is 0. The molecule has 1 unspecified atom stereocenters. The summed E-state index contributed by atoms with van der Waals surface area (Å²) in [4.78, 5) is 0. The molecule has 0 heterocycles. The SMILES string of the molecule is CC(C)(O)C(C)(O)CO.CCOCC. The van der Waals surface area contributed by atoms with Crippen molar-refractivity contribution in [2.75, 3.05) is 19.8 Å². The van der Waals surface area contributed by atoms with E-state index in [1.807, 2.05) is 13.8 Å². The van der Waals surface area contributed by atoms with E-state index in [1.165, 1.54) is 20.8 Å². The van der Waals surface area contributed by atoms with Crippen LogP contribution in [0.5, 0.6) is 0 Å². The molecular formula is C10H24O4. The molecule has 0 amide bonds. The highest BCUT2D eigenvalue weighted by molar-refractivity contribution is 4.88. The van der Waals surface area contributed by atoms with Crippen molar-refractivity contribution in [2.45, 2.75) is 45.8 Å². The van der Waals surface area contributed by atoms with E-state index < -0.39 is 17.8 Å². The Balaban J connectivity index is 0. The van der Waals surface area contributed by atoms with Crippen molar-refractivity contribution in [3.05, 3.63) is 0 Å². The molecule has 4 nitrogen and oxygen atoms in total. The van der Waals surface area contributed by atoms with Gasteiger partial charge in [-0.25, -0.2) is 0 Å². The van der Waals surface area contributed by atoms with E-state index in [1.54, 1.807) is 0 Å². The molecular weight excluding hydrogens is 184 g/mol. The summed E-state index contributed by atoms with van der Waals surface area (Å²) in [6.07, 6.45) is 0. The number of rotatable bonds is 4. The Labute approximate surface area is 86.5 Å². The maximum absolute atomic E-state index is 9.16. The van der Waals surface area contributed by atoms with E-state index in [0.29, 0.717) is 0 Å². The summed E-state index contributed by atoms with van der Waals surface area (Å²) >= 11 is 0.